The van der Waals surface area contributed by atoms with Gasteiger partial charge in [-0.05, 0) is 37.3 Å². The van der Waals surface area contributed by atoms with Gasteiger partial charge in [-0.25, -0.2) is 13.8 Å². The van der Waals surface area contributed by atoms with Crippen LogP contribution in [0.1, 0.15) is 17.0 Å². The fourth-order valence-corrected chi connectivity index (χ4v) is 6.23. The minimum absolute atomic E-state index is 0.0534. The number of amides is 1. The minimum Gasteiger partial charge on any atom is -0.342 e. The Kier molecular flexibility index (Phi) is 5.87. The van der Waals surface area contributed by atoms with Crippen LogP contribution in [0.15, 0.2) is 42.6 Å². The molecule has 0 N–H and O–H groups in total. The SMILES string of the molecule is Cc1cc(C(F)(F)F)cc(N2c3cccnc3C[Si]2C(=O)N(C)c2cc(Cl)c(F)cc2F)n1. The van der Waals surface area contributed by atoms with Crippen molar-refractivity contribution in [2.24, 2.45) is 0 Å². The minimum atomic E-state index is -4.61. The van der Waals surface area contributed by atoms with Crippen molar-refractivity contribution >= 4 is 43.3 Å². The third-order valence-electron chi connectivity index (χ3n) is 5.11. The van der Waals surface area contributed by atoms with Crippen LogP contribution in [-0.2, 0) is 12.2 Å². The third kappa shape index (κ3) is 4.30. The van der Waals surface area contributed by atoms with Crippen LogP contribution in [0, 0.1) is 18.6 Å². The van der Waals surface area contributed by atoms with Crippen molar-refractivity contribution in [2.45, 2.75) is 19.1 Å². The molecular weight excluding hydrogens is 483 g/mol. The maximum atomic E-state index is 14.4. The molecule has 1 aliphatic heterocycles. The third-order valence-corrected chi connectivity index (χ3v) is 7.91. The number of carbonyl (C=O) groups is 1. The van der Waals surface area contributed by atoms with Crippen molar-refractivity contribution in [3.8, 4) is 0 Å². The first kappa shape index (κ1) is 23.1. The second-order valence-electron chi connectivity index (χ2n) is 7.36. The Morgan fingerprint density at radius 3 is 2.61 bits per heavy atom. The van der Waals surface area contributed by atoms with Crippen LogP contribution in [0.2, 0.25) is 5.02 Å². The molecule has 12 heteroatoms. The first-order valence-electron chi connectivity index (χ1n) is 9.55. The lowest BCUT2D eigenvalue weighted by molar-refractivity contribution is -0.137. The Morgan fingerprint density at radius 2 is 1.91 bits per heavy atom. The standard InChI is InChI=1S/C21H15ClF5N4OSi/c1-11-6-12(21(25,26)27)7-19(29-11)31-17-4-3-5-28-16(17)10-33(31)20(32)30(2)18-8-13(22)14(23)9-15(18)24/h3-9H,10H2,1-2H3. The Balaban J connectivity index is 1.80. The highest BCUT2D eigenvalue weighted by molar-refractivity contribution is 6.95. The summed E-state index contributed by atoms with van der Waals surface area (Å²) < 4.78 is 69.8. The van der Waals surface area contributed by atoms with Crippen LogP contribution in [0.25, 0.3) is 0 Å². The molecule has 33 heavy (non-hydrogen) atoms. The Bertz CT molecular complexity index is 1260. The molecule has 0 spiro atoms. The number of rotatable bonds is 3. The predicted molar refractivity (Wildman–Crippen MR) is 115 cm³/mol. The molecule has 0 fully saturated rings. The van der Waals surface area contributed by atoms with Gasteiger partial charge in [0.1, 0.15) is 17.5 Å². The van der Waals surface area contributed by atoms with E-state index in [1.54, 1.807) is 12.1 Å². The number of fused-ring (bicyclic) bond motifs is 1. The smallest absolute Gasteiger partial charge is 0.342 e. The van der Waals surface area contributed by atoms with Gasteiger partial charge >= 0.3 is 6.18 Å². The number of hydrogen-bond donors (Lipinski definition) is 0. The first-order valence-corrected chi connectivity index (χ1v) is 11.6. The number of aromatic nitrogens is 2. The summed E-state index contributed by atoms with van der Waals surface area (Å²) in [7, 11) is -1.08. The van der Waals surface area contributed by atoms with Crippen molar-refractivity contribution in [1.82, 2.24) is 9.97 Å². The number of pyridine rings is 2. The number of nitrogens with zero attached hydrogens (tertiary/aromatic N) is 4. The molecule has 1 aliphatic rings. The number of aryl methyl sites for hydroxylation is 1. The molecule has 171 valence electrons. The summed E-state index contributed by atoms with van der Waals surface area (Å²) in [5.74, 6) is -2.03. The zero-order chi connectivity index (χ0) is 24.1. The van der Waals surface area contributed by atoms with Gasteiger partial charge in [0.2, 0.25) is 5.53 Å². The molecular formula is C21H15ClF5N4OSi. The van der Waals surface area contributed by atoms with E-state index in [0.717, 1.165) is 23.1 Å². The molecule has 1 aromatic carbocycles. The summed E-state index contributed by atoms with van der Waals surface area (Å²) in [6.07, 6.45) is -3.10. The van der Waals surface area contributed by atoms with Crippen molar-refractivity contribution in [2.75, 3.05) is 16.5 Å². The summed E-state index contributed by atoms with van der Waals surface area (Å²) in [6, 6.07) is 6.74. The Morgan fingerprint density at radius 1 is 1.18 bits per heavy atom. The van der Waals surface area contributed by atoms with Crippen LogP contribution in [0.4, 0.5) is 43.9 Å². The Hall–Kier alpha value is -3.05. The van der Waals surface area contributed by atoms with E-state index >= 15 is 0 Å². The van der Waals surface area contributed by atoms with Gasteiger partial charge in [0, 0.05) is 31.0 Å². The molecule has 4 rings (SSSR count). The molecule has 3 aromatic rings. The lowest BCUT2D eigenvalue weighted by Crippen LogP contribution is -2.48. The molecule has 1 radical (unpaired) electrons. The highest BCUT2D eigenvalue weighted by Crippen LogP contribution is 2.39. The maximum absolute atomic E-state index is 14.4. The van der Waals surface area contributed by atoms with Gasteiger partial charge < -0.3 is 9.47 Å². The maximum Gasteiger partial charge on any atom is 0.416 e. The summed E-state index contributed by atoms with van der Waals surface area (Å²) in [5, 5.41) is -0.369. The van der Waals surface area contributed by atoms with Crippen LogP contribution in [0.5, 0.6) is 0 Å². The molecule has 3 heterocycles. The van der Waals surface area contributed by atoms with Gasteiger partial charge in [0.05, 0.1) is 27.7 Å². The van der Waals surface area contributed by atoms with Gasteiger partial charge in [-0.3, -0.25) is 9.78 Å². The summed E-state index contributed by atoms with van der Waals surface area (Å²) in [5.41, 5.74) is -0.617. The normalized spacial score (nSPS) is 13.9. The second kappa shape index (κ2) is 8.38. The van der Waals surface area contributed by atoms with E-state index < -0.39 is 37.9 Å². The molecule has 0 atom stereocenters. The van der Waals surface area contributed by atoms with E-state index in [2.05, 4.69) is 9.97 Å². The Labute approximate surface area is 192 Å². The van der Waals surface area contributed by atoms with E-state index in [0.29, 0.717) is 17.4 Å². The number of alkyl halides is 3. The van der Waals surface area contributed by atoms with Crippen LogP contribution >= 0.6 is 11.6 Å². The molecule has 0 saturated carbocycles. The monoisotopic (exact) mass is 497 g/mol. The molecule has 0 unspecified atom stereocenters. The van der Waals surface area contributed by atoms with E-state index in [1.807, 2.05) is 0 Å². The van der Waals surface area contributed by atoms with Gasteiger partial charge in [-0.2, -0.15) is 13.2 Å². The number of anilines is 3. The van der Waals surface area contributed by atoms with Gasteiger partial charge in [-0.15, -0.1) is 0 Å². The van der Waals surface area contributed by atoms with E-state index in [9.17, 15) is 26.7 Å². The zero-order valence-corrected chi connectivity index (χ0v) is 19.0. The van der Waals surface area contributed by atoms with Crippen molar-refractivity contribution in [3.63, 3.8) is 0 Å². The lowest BCUT2D eigenvalue weighted by Gasteiger charge is -2.28. The number of halogens is 6. The topological polar surface area (TPSA) is 49.3 Å². The fraction of sp³-hybridized carbons (Fsp3) is 0.190. The molecule has 5 nitrogen and oxygen atoms in total. The number of hydrogen-bond acceptors (Lipinski definition) is 4. The average Bonchev–Trinajstić information content (AvgIpc) is 3.14. The highest BCUT2D eigenvalue weighted by Gasteiger charge is 2.43. The number of carbonyl (C=O) groups excluding carboxylic acids is 1. The van der Waals surface area contributed by atoms with Crippen molar-refractivity contribution in [1.29, 1.82) is 0 Å². The van der Waals surface area contributed by atoms with Gasteiger partial charge in [0.15, 0.2) is 0 Å². The fourth-order valence-electron chi connectivity index (χ4n) is 3.59. The molecule has 2 aromatic heterocycles. The molecule has 0 saturated heterocycles. The highest BCUT2D eigenvalue weighted by atomic mass is 35.5. The number of benzene rings is 1. The van der Waals surface area contributed by atoms with Gasteiger partial charge in [0.25, 0.3) is 8.96 Å². The summed E-state index contributed by atoms with van der Waals surface area (Å²) in [6.45, 7) is 1.43. The van der Waals surface area contributed by atoms with Crippen molar-refractivity contribution < 1.29 is 26.7 Å². The van der Waals surface area contributed by atoms with Gasteiger partial charge in [-0.1, -0.05) is 11.6 Å². The van der Waals surface area contributed by atoms with E-state index in [1.165, 1.54) is 24.7 Å². The summed E-state index contributed by atoms with van der Waals surface area (Å²) in [4.78, 5) is 23.0. The molecule has 0 bridgehead atoms. The lowest BCUT2D eigenvalue weighted by atomic mass is 10.2. The van der Waals surface area contributed by atoms with Crippen LogP contribution < -0.4 is 9.47 Å². The van der Waals surface area contributed by atoms with E-state index in [4.69, 9.17) is 11.6 Å². The summed E-state index contributed by atoms with van der Waals surface area (Å²) >= 11 is 5.76. The molecule has 1 amide bonds. The molecule has 0 aliphatic carbocycles. The van der Waals surface area contributed by atoms with Crippen molar-refractivity contribution in [3.05, 3.63) is 76.2 Å². The largest absolute Gasteiger partial charge is 0.416 e. The van der Waals surface area contributed by atoms with Crippen LogP contribution in [-0.4, -0.2) is 31.5 Å². The quantitative estimate of drug-likeness (QED) is 0.261. The second-order valence-corrected chi connectivity index (χ2v) is 9.89. The van der Waals surface area contributed by atoms with E-state index in [-0.39, 0.29) is 28.3 Å². The first-order chi connectivity index (χ1) is 15.5. The average molecular weight is 498 g/mol. The zero-order valence-electron chi connectivity index (χ0n) is 17.2. The predicted octanol–water partition coefficient (Wildman–Crippen LogP) is 5.80. The van der Waals surface area contributed by atoms with Crippen LogP contribution in [0.3, 0.4) is 0 Å².